The molecule has 0 aliphatic heterocycles. The molecule has 0 fully saturated rings. The van der Waals surface area contributed by atoms with Crippen LogP contribution in [0.1, 0.15) is 226 Å². The van der Waals surface area contributed by atoms with Crippen molar-refractivity contribution in [3.05, 3.63) is 60.8 Å². The van der Waals surface area contributed by atoms with Gasteiger partial charge in [-0.3, -0.25) is 14.4 Å². The molecule has 0 bridgehead atoms. The van der Waals surface area contributed by atoms with Crippen LogP contribution in [0.4, 0.5) is 0 Å². The zero-order valence-electron chi connectivity index (χ0n) is 39.6. The first kappa shape index (κ1) is 58.5. The Kier molecular flexibility index (Phi) is 44.4. The van der Waals surface area contributed by atoms with Crippen LogP contribution in [-0.4, -0.2) is 59.3 Å². The van der Waals surface area contributed by atoms with Gasteiger partial charge in [-0.2, -0.15) is 0 Å². The van der Waals surface area contributed by atoms with E-state index < -0.39 is 24.5 Å². The van der Waals surface area contributed by atoms with E-state index in [-0.39, 0.29) is 30.9 Å². The number of amides is 2. The van der Waals surface area contributed by atoms with Crippen molar-refractivity contribution in [1.29, 1.82) is 0 Å². The summed E-state index contributed by atoms with van der Waals surface area (Å²) in [6.07, 6.45) is 58.5. The van der Waals surface area contributed by atoms with Gasteiger partial charge < -0.3 is 25.6 Å². The Labute approximate surface area is 379 Å². The maximum Gasteiger partial charge on any atom is 0.328 e. The lowest BCUT2D eigenvalue weighted by molar-refractivity contribution is -0.147. The van der Waals surface area contributed by atoms with E-state index in [9.17, 15) is 19.2 Å². The van der Waals surface area contributed by atoms with Crippen molar-refractivity contribution >= 4 is 23.8 Å². The van der Waals surface area contributed by atoms with Gasteiger partial charge in [-0.25, -0.2) is 4.79 Å². The first-order valence-electron chi connectivity index (χ1n) is 25.2. The molecule has 0 heterocycles. The topological polar surface area (TPSA) is 142 Å². The molecule has 2 atom stereocenters. The molecule has 0 spiro atoms. The molecular weight excluding hydrogens is 777 g/mol. The summed E-state index contributed by atoms with van der Waals surface area (Å²) in [5, 5.41) is 22.6. The predicted octanol–water partition coefficient (Wildman–Crippen LogP) is 13.3. The predicted molar refractivity (Wildman–Crippen MR) is 259 cm³/mol. The van der Waals surface area contributed by atoms with Gasteiger partial charge >= 0.3 is 11.9 Å². The number of carboxylic acid groups (broad SMARTS) is 1. The molecule has 0 radical (unpaired) electrons. The first-order valence-corrected chi connectivity index (χ1v) is 25.2. The number of carboxylic acids is 1. The van der Waals surface area contributed by atoms with Crippen molar-refractivity contribution in [2.24, 2.45) is 0 Å². The molecule has 0 saturated carbocycles. The Morgan fingerprint density at radius 3 is 1.44 bits per heavy atom. The third kappa shape index (κ3) is 43.2. The van der Waals surface area contributed by atoms with Gasteiger partial charge in [-0.05, 0) is 89.5 Å². The Hall–Kier alpha value is -3.46. The average molecular weight is 869 g/mol. The number of aliphatic hydroxyl groups excluding tert-OH is 1. The van der Waals surface area contributed by atoms with Gasteiger partial charge in [0, 0.05) is 12.8 Å². The van der Waals surface area contributed by atoms with Crippen LogP contribution in [-0.2, 0) is 23.9 Å². The highest BCUT2D eigenvalue weighted by molar-refractivity contribution is 5.87. The van der Waals surface area contributed by atoms with E-state index in [4.69, 9.17) is 14.9 Å². The van der Waals surface area contributed by atoms with Gasteiger partial charge in [0.15, 0.2) is 0 Å². The molecule has 0 rings (SSSR count). The summed E-state index contributed by atoms with van der Waals surface area (Å²) in [7, 11) is 0. The third-order valence-electron chi connectivity index (χ3n) is 11.0. The normalized spacial score (nSPS) is 13.0. The number of ether oxygens (including phenoxy) is 1. The maximum absolute atomic E-state index is 12.8. The van der Waals surface area contributed by atoms with Crippen LogP contribution in [0.15, 0.2) is 60.8 Å². The SMILES string of the molecule is CCCCC/C=C\C/C=C\C/C=C\C(CCCCCCCC(=O)NCC(=O)NC(CO)C(=O)O)OC(=O)CCCCCCCCCCCCC/C=C\C/C=C\CCCCCCC. The maximum atomic E-state index is 12.8. The Morgan fingerprint density at radius 1 is 0.500 bits per heavy atom. The van der Waals surface area contributed by atoms with Gasteiger partial charge in [0.1, 0.15) is 12.1 Å². The van der Waals surface area contributed by atoms with Gasteiger partial charge in [0.2, 0.25) is 11.8 Å². The summed E-state index contributed by atoms with van der Waals surface area (Å²) >= 11 is 0. The number of aliphatic hydroxyl groups is 1. The van der Waals surface area contributed by atoms with E-state index in [0.717, 1.165) is 70.6 Å². The molecule has 0 aromatic carbocycles. The number of esters is 1. The minimum absolute atomic E-state index is 0.117. The number of carbonyl (C=O) groups excluding carboxylic acids is 3. The van der Waals surface area contributed by atoms with Crippen molar-refractivity contribution < 1.29 is 34.1 Å². The van der Waals surface area contributed by atoms with Crippen LogP contribution in [0.25, 0.3) is 0 Å². The van der Waals surface area contributed by atoms with Crippen LogP contribution < -0.4 is 10.6 Å². The molecule has 2 amide bonds. The Bertz CT molecular complexity index is 1220. The number of nitrogens with one attached hydrogen (secondary N) is 2. The zero-order valence-corrected chi connectivity index (χ0v) is 39.6. The highest BCUT2D eigenvalue weighted by Gasteiger charge is 2.18. The summed E-state index contributed by atoms with van der Waals surface area (Å²) in [4.78, 5) is 47.7. The molecule has 0 aromatic heterocycles. The molecule has 356 valence electrons. The fourth-order valence-electron chi connectivity index (χ4n) is 7.08. The van der Waals surface area contributed by atoms with Crippen molar-refractivity contribution in [3.63, 3.8) is 0 Å². The summed E-state index contributed by atoms with van der Waals surface area (Å²) < 4.78 is 5.94. The second-order valence-electron chi connectivity index (χ2n) is 16.9. The van der Waals surface area contributed by atoms with Crippen molar-refractivity contribution in [1.82, 2.24) is 10.6 Å². The van der Waals surface area contributed by atoms with Crippen molar-refractivity contribution in [2.45, 2.75) is 238 Å². The summed E-state index contributed by atoms with van der Waals surface area (Å²) in [6.45, 7) is 3.43. The number of aliphatic carboxylic acids is 1. The number of allylic oxidation sites excluding steroid dienone is 9. The number of hydrogen-bond acceptors (Lipinski definition) is 6. The summed E-state index contributed by atoms with van der Waals surface area (Å²) in [5.74, 6) is -2.39. The second kappa shape index (κ2) is 47.0. The Morgan fingerprint density at radius 2 is 0.919 bits per heavy atom. The summed E-state index contributed by atoms with van der Waals surface area (Å²) in [5.41, 5.74) is 0. The minimum atomic E-state index is -1.39. The monoisotopic (exact) mass is 869 g/mol. The molecule has 4 N–H and O–H groups in total. The van der Waals surface area contributed by atoms with E-state index in [1.165, 1.54) is 122 Å². The molecule has 0 saturated heterocycles. The average Bonchev–Trinajstić information content (AvgIpc) is 3.26. The van der Waals surface area contributed by atoms with Gasteiger partial charge in [0.05, 0.1) is 13.2 Å². The smallest absolute Gasteiger partial charge is 0.328 e. The second-order valence-corrected chi connectivity index (χ2v) is 16.9. The van der Waals surface area contributed by atoms with Gasteiger partial charge in [0.25, 0.3) is 0 Å². The van der Waals surface area contributed by atoms with Gasteiger partial charge in [-0.1, -0.05) is 184 Å². The number of hydrogen-bond donors (Lipinski definition) is 4. The van der Waals surface area contributed by atoms with Crippen molar-refractivity contribution in [3.8, 4) is 0 Å². The highest BCUT2D eigenvalue weighted by atomic mass is 16.5. The largest absolute Gasteiger partial charge is 0.480 e. The standard InChI is InChI=1S/C53H92N2O7/c1-3-5-7-9-11-13-15-16-17-18-19-20-21-22-23-24-25-26-28-30-32-37-41-45-52(59)62-48(42-38-34-31-29-27-14-12-10-8-6-4-2)43-39-35-33-36-40-44-50(57)54-46-51(58)55-49(47-56)53(60)61/h12,14-16,18-19,29,31,38,42,48-49,56H,3-11,13,17,20-28,30,32-37,39-41,43-47H2,1-2H3,(H,54,57)(H,55,58)(H,60,61)/b14-12-,16-15-,19-18-,31-29-,42-38-. The molecular formula is C53H92N2O7. The van der Waals surface area contributed by atoms with Crippen molar-refractivity contribution in [2.75, 3.05) is 13.2 Å². The van der Waals surface area contributed by atoms with E-state index >= 15 is 0 Å². The fraction of sp³-hybridized carbons (Fsp3) is 0.736. The van der Waals surface area contributed by atoms with Gasteiger partial charge in [-0.15, -0.1) is 0 Å². The van der Waals surface area contributed by atoms with Crippen LogP contribution in [0.3, 0.4) is 0 Å². The first-order chi connectivity index (χ1) is 30.3. The zero-order chi connectivity index (χ0) is 45.4. The molecule has 0 aliphatic rings. The summed E-state index contributed by atoms with van der Waals surface area (Å²) in [6, 6.07) is -1.39. The molecule has 9 nitrogen and oxygen atoms in total. The number of carbonyl (C=O) groups is 4. The van der Waals surface area contributed by atoms with E-state index in [2.05, 4.69) is 79.2 Å². The number of rotatable bonds is 45. The molecule has 0 aliphatic carbocycles. The van der Waals surface area contributed by atoms with Crippen LogP contribution >= 0.6 is 0 Å². The van der Waals surface area contributed by atoms with Crippen LogP contribution in [0.5, 0.6) is 0 Å². The fourth-order valence-corrected chi connectivity index (χ4v) is 7.08. The molecule has 62 heavy (non-hydrogen) atoms. The Balaban J connectivity index is 4.26. The minimum Gasteiger partial charge on any atom is -0.480 e. The molecule has 2 unspecified atom stereocenters. The molecule has 9 heteroatoms. The van der Waals surface area contributed by atoms with E-state index in [1.807, 2.05) is 6.08 Å². The third-order valence-corrected chi connectivity index (χ3v) is 11.0. The number of unbranched alkanes of at least 4 members (excludes halogenated alkanes) is 23. The van der Waals surface area contributed by atoms with Crippen LogP contribution in [0, 0.1) is 0 Å². The van der Waals surface area contributed by atoms with E-state index in [1.54, 1.807) is 0 Å². The lowest BCUT2D eigenvalue weighted by Gasteiger charge is -2.15. The molecule has 0 aromatic rings. The lowest BCUT2D eigenvalue weighted by Crippen LogP contribution is -2.47. The van der Waals surface area contributed by atoms with E-state index in [0.29, 0.717) is 12.8 Å². The van der Waals surface area contributed by atoms with Crippen LogP contribution in [0.2, 0.25) is 0 Å². The highest BCUT2D eigenvalue weighted by Crippen LogP contribution is 2.16. The quantitative estimate of drug-likeness (QED) is 0.0271. The lowest BCUT2D eigenvalue weighted by atomic mass is 10.0.